The number of nitrogens with zero attached hydrogens (tertiary/aromatic N) is 3. The second-order valence-corrected chi connectivity index (χ2v) is 6.35. The topological polar surface area (TPSA) is 50.3 Å². The van der Waals surface area contributed by atoms with Crippen molar-refractivity contribution in [3.05, 3.63) is 60.7 Å². The Morgan fingerprint density at radius 3 is 2.35 bits per heavy atom. The van der Waals surface area contributed by atoms with Crippen LogP contribution in [0.3, 0.4) is 0 Å². The number of hydrogen-bond acceptors (Lipinski definition) is 5. The van der Waals surface area contributed by atoms with Gasteiger partial charge >= 0.3 is 0 Å². The summed E-state index contributed by atoms with van der Waals surface area (Å²) in [5.74, 6) is 3.35. The van der Waals surface area contributed by atoms with Crippen molar-refractivity contribution >= 4 is 17.3 Å². The van der Waals surface area contributed by atoms with Crippen molar-refractivity contribution in [3.63, 3.8) is 0 Å². The number of hydrogen-bond donors (Lipinski definition) is 1. The average Bonchev–Trinajstić information content (AvgIpc) is 3.24. The molecule has 1 saturated heterocycles. The molecule has 1 aliphatic rings. The third-order valence-corrected chi connectivity index (χ3v) is 4.54. The van der Waals surface area contributed by atoms with Crippen molar-refractivity contribution < 1.29 is 4.74 Å². The lowest BCUT2D eigenvalue weighted by Crippen LogP contribution is -2.19. The van der Waals surface area contributed by atoms with Crippen molar-refractivity contribution in [1.82, 2.24) is 9.97 Å². The maximum Gasteiger partial charge on any atom is 0.163 e. The molecule has 5 nitrogen and oxygen atoms in total. The van der Waals surface area contributed by atoms with Crippen LogP contribution in [0.2, 0.25) is 0 Å². The number of benzene rings is 2. The van der Waals surface area contributed by atoms with Crippen LogP contribution >= 0.6 is 0 Å². The molecule has 1 aromatic heterocycles. The minimum Gasteiger partial charge on any atom is -0.497 e. The van der Waals surface area contributed by atoms with Crippen molar-refractivity contribution in [1.29, 1.82) is 0 Å². The van der Waals surface area contributed by atoms with E-state index in [1.54, 1.807) is 7.11 Å². The zero-order chi connectivity index (χ0) is 17.8. The van der Waals surface area contributed by atoms with E-state index in [-0.39, 0.29) is 0 Å². The number of rotatable bonds is 5. The van der Waals surface area contributed by atoms with Gasteiger partial charge in [-0.2, -0.15) is 0 Å². The van der Waals surface area contributed by atoms with E-state index in [1.807, 2.05) is 60.7 Å². The minimum atomic E-state index is 0.742. The van der Waals surface area contributed by atoms with E-state index < -0.39 is 0 Å². The molecule has 5 heteroatoms. The Hall–Kier alpha value is -3.08. The van der Waals surface area contributed by atoms with E-state index in [9.17, 15) is 0 Å². The lowest BCUT2D eigenvalue weighted by molar-refractivity contribution is 0.415. The molecular weight excluding hydrogens is 324 g/mol. The number of nitrogens with one attached hydrogen (secondary N) is 1. The van der Waals surface area contributed by atoms with Crippen molar-refractivity contribution in [2.75, 3.05) is 30.4 Å². The van der Waals surface area contributed by atoms with Crippen LogP contribution in [0.4, 0.5) is 17.3 Å². The van der Waals surface area contributed by atoms with Crippen LogP contribution in [0.1, 0.15) is 12.8 Å². The molecule has 0 atom stereocenters. The molecule has 0 bridgehead atoms. The summed E-state index contributed by atoms with van der Waals surface area (Å²) < 4.78 is 5.22. The smallest absolute Gasteiger partial charge is 0.163 e. The van der Waals surface area contributed by atoms with Crippen LogP contribution in [0.5, 0.6) is 5.75 Å². The Labute approximate surface area is 153 Å². The quantitative estimate of drug-likeness (QED) is 0.737. The van der Waals surface area contributed by atoms with Gasteiger partial charge in [0.2, 0.25) is 0 Å². The van der Waals surface area contributed by atoms with Gasteiger partial charge in [-0.1, -0.05) is 30.3 Å². The summed E-state index contributed by atoms with van der Waals surface area (Å²) in [7, 11) is 1.67. The standard InChI is InChI=1S/C21H22N4O/c1-26-18-11-9-17(10-12-18)22-19-15-20(25-13-5-6-14-25)24-21(23-19)16-7-3-2-4-8-16/h2-4,7-12,15H,5-6,13-14H2,1H3,(H,22,23,24). The number of ether oxygens (including phenoxy) is 1. The van der Waals surface area contributed by atoms with Gasteiger partial charge in [0.05, 0.1) is 7.11 Å². The zero-order valence-corrected chi connectivity index (χ0v) is 14.9. The van der Waals surface area contributed by atoms with Crippen LogP contribution < -0.4 is 15.0 Å². The Morgan fingerprint density at radius 2 is 1.65 bits per heavy atom. The summed E-state index contributed by atoms with van der Waals surface area (Å²) >= 11 is 0. The molecule has 3 aromatic rings. The Kier molecular flexibility index (Phi) is 4.69. The molecule has 0 spiro atoms. The van der Waals surface area contributed by atoms with E-state index in [2.05, 4.69) is 10.2 Å². The fourth-order valence-electron chi connectivity index (χ4n) is 3.15. The Morgan fingerprint density at radius 1 is 0.923 bits per heavy atom. The molecule has 0 amide bonds. The van der Waals surface area contributed by atoms with Gasteiger partial charge < -0.3 is 15.0 Å². The third-order valence-electron chi connectivity index (χ3n) is 4.54. The average molecular weight is 346 g/mol. The highest BCUT2D eigenvalue weighted by molar-refractivity contribution is 5.66. The van der Waals surface area contributed by atoms with Gasteiger partial charge in [0, 0.05) is 30.4 Å². The minimum absolute atomic E-state index is 0.742. The monoisotopic (exact) mass is 346 g/mol. The summed E-state index contributed by atoms with van der Waals surface area (Å²) in [4.78, 5) is 11.9. The van der Waals surface area contributed by atoms with Crippen LogP contribution in [0, 0.1) is 0 Å². The van der Waals surface area contributed by atoms with Gasteiger partial charge in [0.15, 0.2) is 5.82 Å². The predicted octanol–water partition coefficient (Wildman–Crippen LogP) is 4.50. The molecule has 0 aliphatic carbocycles. The molecule has 2 heterocycles. The first-order valence-corrected chi connectivity index (χ1v) is 8.92. The number of methoxy groups -OCH3 is 1. The summed E-state index contributed by atoms with van der Waals surface area (Å²) in [6.45, 7) is 2.10. The molecule has 1 N–H and O–H groups in total. The van der Waals surface area contributed by atoms with E-state index in [4.69, 9.17) is 14.7 Å². The van der Waals surface area contributed by atoms with Crippen molar-refractivity contribution in [2.45, 2.75) is 12.8 Å². The van der Waals surface area contributed by atoms with Gasteiger partial charge in [-0.25, -0.2) is 9.97 Å². The molecule has 4 rings (SSSR count). The van der Waals surface area contributed by atoms with E-state index >= 15 is 0 Å². The van der Waals surface area contributed by atoms with Crippen LogP contribution in [-0.2, 0) is 0 Å². The Balaban J connectivity index is 1.68. The summed E-state index contributed by atoms with van der Waals surface area (Å²) in [6, 6.07) is 20.0. The first-order chi connectivity index (χ1) is 12.8. The SMILES string of the molecule is COc1ccc(Nc2cc(N3CCCC3)nc(-c3ccccc3)n2)cc1. The lowest BCUT2D eigenvalue weighted by Gasteiger charge is -2.18. The maximum atomic E-state index is 5.22. The normalized spacial score (nSPS) is 13.7. The zero-order valence-electron chi connectivity index (χ0n) is 14.9. The van der Waals surface area contributed by atoms with Gasteiger partial charge in [0.25, 0.3) is 0 Å². The second-order valence-electron chi connectivity index (χ2n) is 6.35. The number of anilines is 3. The second kappa shape index (κ2) is 7.44. The van der Waals surface area contributed by atoms with Gasteiger partial charge in [0.1, 0.15) is 17.4 Å². The molecule has 0 radical (unpaired) electrons. The highest BCUT2D eigenvalue weighted by Crippen LogP contribution is 2.27. The number of aromatic nitrogens is 2. The molecule has 1 aliphatic heterocycles. The largest absolute Gasteiger partial charge is 0.497 e. The van der Waals surface area contributed by atoms with Crippen molar-refractivity contribution in [3.8, 4) is 17.1 Å². The molecule has 0 unspecified atom stereocenters. The fourth-order valence-corrected chi connectivity index (χ4v) is 3.15. The predicted molar refractivity (Wildman–Crippen MR) is 105 cm³/mol. The van der Waals surface area contributed by atoms with E-state index in [0.717, 1.165) is 47.5 Å². The summed E-state index contributed by atoms with van der Waals surface area (Å²) in [6.07, 6.45) is 2.43. The van der Waals surface area contributed by atoms with Crippen LogP contribution in [0.25, 0.3) is 11.4 Å². The van der Waals surface area contributed by atoms with Crippen LogP contribution in [-0.4, -0.2) is 30.2 Å². The maximum absolute atomic E-state index is 5.22. The highest BCUT2D eigenvalue weighted by Gasteiger charge is 2.16. The summed E-state index contributed by atoms with van der Waals surface area (Å²) in [5, 5.41) is 3.40. The van der Waals surface area contributed by atoms with Gasteiger partial charge in [-0.05, 0) is 37.1 Å². The molecule has 132 valence electrons. The third kappa shape index (κ3) is 3.61. The van der Waals surface area contributed by atoms with E-state index in [0.29, 0.717) is 0 Å². The first-order valence-electron chi connectivity index (χ1n) is 8.92. The molecule has 0 saturated carbocycles. The summed E-state index contributed by atoms with van der Waals surface area (Å²) in [5.41, 5.74) is 1.99. The molecular formula is C21H22N4O. The van der Waals surface area contributed by atoms with Crippen LogP contribution in [0.15, 0.2) is 60.7 Å². The fraction of sp³-hybridized carbons (Fsp3) is 0.238. The Bertz CT molecular complexity index is 859. The molecule has 26 heavy (non-hydrogen) atoms. The van der Waals surface area contributed by atoms with Gasteiger partial charge in [-0.3, -0.25) is 0 Å². The van der Waals surface area contributed by atoms with Crippen molar-refractivity contribution in [2.24, 2.45) is 0 Å². The highest BCUT2D eigenvalue weighted by atomic mass is 16.5. The van der Waals surface area contributed by atoms with E-state index in [1.165, 1.54) is 12.8 Å². The molecule has 1 fully saturated rings. The lowest BCUT2D eigenvalue weighted by atomic mass is 10.2. The molecule has 2 aromatic carbocycles. The van der Waals surface area contributed by atoms with Gasteiger partial charge in [-0.15, -0.1) is 0 Å². The first kappa shape index (κ1) is 16.4.